The second-order valence-electron chi connectivity index (χ2n) is 5.78. The average molecular weight is 258 g/mol. The molecule has 1 aromatic carbocycles. The molecule has 2 aliphatic rings. The van der Waals surface area contributed by atoms with E-state index >= 15 is 0 Å². The zero-order valence-corrected chi connectivity index (χ0v) is 11.4. The lowest BCUT2D eigenvalue weighted by molar-refractivity contribution is 0.0951. The van der Waals surface area contributed by atoms with Crippen LogP contribution in [0.3, 0.4) is 0 Å². The molecular weight excluding hydrogens is 236 g/mol. The zero-order chi connectivity index (χ0) is 13.1. The number of piperidine rings is 1. The van der Waals surface area contributed by atoms with Crippen LogP contribution in [0.1, 0.15) is 48.0 Å². The smallest absolute Gasteiger partial charge is 0.251 e. The maximum absolute atomic E-state index is 11.9. The first kappa shape index (κ1) is 12.7. The number of likely N-dealkylation sites (tertiary alicyclic amines) is 1. The number of hydrogen-bond donors (Lipinski definition) is 1. The number of nitrogens with zero attached hydrogens (tertiary/aromatic N) is 1. The van der Waals surface area contributed by atoms with Gasteiger partial charge in [-0.3, -0.25) is 9.69 Å². The van der Waals surface area contributed by atoms with E-state index in [2.05, 4.69) is 22.3 Å². The lowest BCUT2D eigenvalue weighted by atomic mass is 10.1. The largest absolute Gasteiger partial charge is 0.349 e. The molecule has 3 heteroatoms. The fourth-order valence-electron chi connectivity index (χ4n) is 2.63. The SMILES string of the molecule is O=C(NC1CC1)c1ccc(CN2CCCCC2)cc1. The number of carbonyl (C=O) groups is 1. The number of rotatable bonds is 4. The maximum Gasteiger partial charge on any atom is 0.251 e. The first-order valence-corrected chi connectivity index (χ1v) is 7.43. The molecule has 1 aliphatic carbocycles. The van der Waals surface area contributed by atoms with Crippen molar-refractivity contribution >= 4 is 5.91 Å². The third-order valence-electron chi connectivity index (χ3n) is 3.98. The molecule has 0 radical (unpaired) electrons. The second-order valence-corrected chi connectivity index (χ2v) is 5.78. The van der Waals surface area contributed by atoms with Gasteiger partial charge >= 0.3 is 0 Å². The summed E-state index contributed by atoms with van der Waals surface area (Å²) in [6.45, 7) is 3.44. The highest BCUT2D eigenvalue weighted by atomic mass is 16.1. The Morgan fingerprint density at radius 1 is 1.11 bits per heavy atom. The fraction of sp³-hybridized carbons (Fsp3) is 0.562. The van der Waals surface area contributed by atoms with Crippen molar-refractivity contribution < 1.29 is 4.79 Å². The van der Waals surface area contributed by atoms with E-state index in [9.17, 15) is 4.79 Å². The molecular formula is C16H22N2O. The summed E-state index contributed by atoms with van der Waals surface area (Å²) in [6.07, 6.45) is 6.29. The Kier molecular flexibility index (Phi) is 3.83. The third-order valence-corrected chi connectivity index (χ3v) is 3.98. The first-order valence-electron chi connectivity index (χ1n) is 7.43. The summed E-state index contributed by atoms with van der Waals surface area (Å²) < 4.78 is 0. The van der Waals surface area contributed by atoms with Crippen LogP contribution in [0.15, 0.2) is 24.3 Å². The highest BCUT2D eigenvalue weighted by Crippen LogP contribution is 2.19. The van der Waals surface area contributed by atoms with Gasteiger partial charge in [-0.05, 0) is 56.5 Å². The van der Waals surface area contributed by atoms with Crippen LogP contribution in [0.2, 0.25) is 0 Å². The summed E-state index contributed by atoms with van der Waals surface area (Å²) in [5.41, 5.74) is 2.10. The van der Waals surface area contributed by atoms with Gasteiger partial charge in [-0.15, -0.1) is 0 Å². The molecule has 1 amide bonds. The summed E-state index contributed by atoms with van der Waals surface area (Å²) in [7, 11) is 0. The van der Waals surface area contributed by atoms with Crippen molar-refractivity contribution in [1.82, 2.24) is 10.2 Å². The third kappa shape index (κ3) is 3.57. The van der Waals surface area contributed by atoms with E-state index < -0.39 is 0 Å². The number of amides is 1. The number of carbonyl (C=O) groups excluding carboxylic acids is 1. The summed E-state index contributed by atoms with van der Waals surface area (Å²) in [5, 5.41) is 3.02. The Morgan fingerprint density at radius 3 is 2.42 bits per heavy atom. The minimum absolute atomic E-state index is 0.0759. The van der Waals surface area contributed by atoms with Crippen LogP contribution in [0, 0.1) is 0 Å². The molecule has 102 valence electrons. The van der Waals surface area contributed by atoms with Crippen LogP contribution in [0.4, 0.5) is 0 Å². The molecule has 1 aromatic rings. The standard InChI is InChI=1S/C16H22N2O/c19-16(17-15-8-9-15)14-6-4-13(5-7-14)12-18-10-2-1-3-11-18/h4-7,15H,1-3,8-12H2,(H,17,19). The van der Waals surface area contributed by atoms with Crippen LogP contribution in [0.25, 0.3) is 0 Å². The lowest BCUT2D eigenvalue weighted by Crippen LogP contribution is -2.29. The van der Waals surface area contributed by atoms with E-state index in [1.54, 1.807) is 0 Å². The van der Waals surface area contributed by atoms with E-state index in [1.807, 2.05) is 12.1 Å². The molecule has 0 unspecified atom stereocenters. The van der Waals surface area contributed by atoms with Crippen LogP contribution in [-0.4, -0.2) is 29.9 Å². The van der Waals surface area contributed by atoms with Crippen LogP contribution < -0.4 is 5.32 Å². The molecule has 1 saturated carbocycles. The molecule has 0 bridgehead atoms. The predicted octanol–water partition coefficient (Wildman–Crippen LogP) is 2.56. The quantitative estimate of drug-likeness (QED) is 0.900. The minimum Gasteiger partial charge on any atom is -0.349 e. The number of hydrogen-bond acceptors (Lipinski definition) is 2. The Morgan fingerprint density at radius 2 is 1.79 bits per heavy atom. The number of nitrogens with one attached hydrogen (secondary N) is 1. The molecule has 3 nitrogen and oxygen atoms in total. The molecule has 2 fully saturated rings. The molecule has 3 rings (SSSR count). The van der Waals surface area contributed by atoms with Gasteiger partial charge in [0.05, 0.1) is 0 Å². The number of benzene rings is 1. The van der Waals surface area contributed by atoms with Gasteiger partial charge in [0.2, 0.25) is 0 Å². The van der Waals surface area contributed by atoms with Crippen LogP contribution >= 0.6 is 0 Å². The minimum atomic E-state index is 0.0759. The van der Waals surface area contributed by atoms with Gasteiger partial charge in [0.15, 0.2) is 0 Å². The van der Waals surface area contributed by atoms with Crippen molar-refractivity contribution in [1.29, 1.82) is 0 Å². The molecule has 1 N–H and O–H groups in total. The van der Waals surface area contributed by atoms with E-state index in [-0.39, 0.29) is 5.91 Å². The van der Waals surface area contributed by atoms with Crippen molar-refractivity contribution in [2.75, 3.05) is 13.1 Å². The van der Waals surface area contributed by atoms with Gasteiger partial charge in [0.25, 0.3) is 5.91 Å². The highest BCUT2D eigenvalue weighted by molar-refractivity contribution is 5.94. The lowest BCUT2D eigenvalue weighted by Gasteiger charge is -2.26. The monoisotopic (exact) mass is 258 g/mol. The molecule has 1 heterocycles. The van der Waals surface area contributed by atoms with E-state index in [1.165, 1.54) is 37.9 Å². The Bertz CT molecular complexity index is 431. The summed E-state index contributed by atoms with van der Waals surface area (Å²) in [4.78, 5) is 14.4. The van der Waals surface area contributed by atoms with Gasteiger partial charge in [-0.1, -0.05) is 18.6 Å². The second kappa shape index (κ2) is 5.74. The highest BCUT2D eigenvalue weighted by Gasteiger charge is 2.23. The van der Waals surface area contributed by atoms with Gasteiger partial charge < -0.3 is 5.32 Å². The molecule has 1 saturated heterocycles. The maximum atomic E-state index is 11.9. The van der Waals surface area contributed by atoms with Gasteiger partial charge in [-0.25, -0.2) is 0 Å². The van der Waals surface area contributed by atoms with E-state index in [0.717, 1.165) is 24.9 Å². The van der Waals surface area contributed by atoms with E-state index in [0.29, 0.717) is 6.04 Å². The summed E-state index contributed by atoms with van der Waals surface area (Å²) >= 11 is 0. The topological polar surface area (TPSA) is 32.3 Å². The molecule has 0 spiro atoms. The van der Waals surface area contributed by atoms with Crippen LogP contribution in [-0.2, 0) is 6.54 Å². The molecule has 0 atom stereocenters. The van der Waals surface area contributed by atoms with Crippen molar-refractivity contribution in [3.63, 3.8) is 0 Å². The van der Waals surface area contributed by atoms with Crippen LogP contribution in [0.5, 0.6) is 0 Å². The molecule has 1 aliphatic heterocycles. The van der Waals surface area contributed by atoms with Gasteiger partial charge in [0.1, 0.15) is 0 Å². The van der Waals surface area contributed by atoms with Gasteiger partial charge in [0, 0.05) is 18.2 Å². The predicted molar refractivity (Wildman–Crippen MR) is 76.1 cm³/mol. The summed E-state index contributed by atoms with van der Waals surface area (Å²) in [5.74, 6) is 0.0759. The fourth-order valence-corrected chi connectivity index (χ4v) is 2.63. The first-order chi connectivity index (χ1) is 9.31. The Hall–Kier alpha value is -1.35. The molecule has 0 aromatic heterocycles. The summed E-state index contributed by atoms with van der Waals surface area (Å²) in [6, 6.07) is 8.53. The van der Waals surface area contributed by atoms with Crippen molar-refractivity contribution in [2.24, 2.45) is 0 Å². The normalized spacial score (nSPS) is 20.2. The van der Waals surface area contributed by atoms with Crippen molar-refractivity contribution in [2.45, 2.75) is 44.7 Å². The zero-order valence-electron chi connectivity index (χ0n) is 11.4. The Labute approximate surface area is 115 Å². The van der Waals surface area contributed by atoms with Crippen molar-refractivity contribution in [3.8, 4) is 0 Å². The molecule has 19 heavy (non-hydrogen) atoms. The van der Waals surface area contributed by atoms with Crippen molar-refractivity contribution in [3.05, 3.63) is 35.4 Å². The van der Waals surface area contributed by atoms with E-state index in [4.69, 9.17) is 0 Å². The van der Waals surface area contributed by atoms with Gasteiger partial charge in [-0.2, -0.15) is 0 Å². The average Bonchev–Trinajstić information content (AvgIpc) is 3.25. The Balaban J connectivity index is 1.56.